The number of amides is 3. The van der Waals surface area contributed by atoms with Gasteiger partial charge in [-0.3, -0.25) is 14.4 Å². The third kappa shape index (κ3) is 6.15. The van der Waals surface area contributed by atoms with Crippen LogP contribution in [0, 0.1) is 12.8 Å². The average Bonchev–Trinajstić information content (AvgIpc) is 3.32. The van der Waals surface area contributed by atoms with E-state index in [-0.39, 0.29) is 23.6 Å². The largest absolute Gasteiger partial charge is 0.383 e. The van der Waals surface area contributed by atoms with Gasteiger partial charge in [0.05, 0.1) is 11.5 Å². The average molecular weight is 444 g/mol. The second-order valence-corrected chi connectivity index (χ2v) is 8.66. The molecular weight excluding hydrogens is 414 g/mol. The lowest BCUT2D eigenvalue weighted by molar-refractivity contribution is -0.124. The van der Waals surface area contributed by atoms with Crippen LogP contribution in [-0.2, 0) is 9.53 Å². The molecule has 3 rings (SSSR count). The van der Waals surface area contributed by atoms with Crippen molar-refractivity contribution in [3.8, 4) is 0 Å². The molecule has 3 amide bonds. The zero-order chi connectivity index (χ0) is 22.2. The fraction of sp³-hybridized carbons (Fsp3) is 0.435. The topological polar surface area (TPSA) is 87.7 Å². The number of ether oxygens (including phenoxy) is 1. The summed E-state index contributed by atoms with van der Waals surface area (Å²) in [4.78, 5) is 40.7. The summed E-state index contributed by atoms with van der Waals surface area (Å²) < 4.78 is 5.00. The first-order valence-electron chi connectivity index (χ1n) is 10.5. The van der Waals surface area contributed by atoms with Crippen LogP contribution in [0.4, 0.5) is 0 Å². The fourth-order valence-electron chi connectivity index (χ4n) is 3.80. The van der Waals surface area contributed by atoms with Gasteiger partial charge >= 0.3 is 0 Å². The lowest BCUT2D eigenvalue weighted by Gasteiger charge is -2.35. The molecule has 0 saturated carbocycles. The number of methoxy groups -OCH3 is 1. The molecular formula is C23H29N3O4S. The molecule has 1 aliphatic rings. The number of likely N-dealkylation sites (tertiary alicyclic amines) is 1. The highest BCUT2D eigenvalue weighted by molar-refractivity contribution is 7.12. The highest BCUT2D eigenvalue weighted by Gasteiger charge is 2.34. The van der Waals surface area contributed by atoms with Gasteiger partial charge in [0.2, 0.25) is 5.91 Å². The van der Waals surface area contributed by atoms with Crippen LogP contribution in [0.3, 0.4) is 0 Å². The zero-order valence-corrected chi connectivity index (χ0v) is 18.7. The van der Waals surface area contributed by atoms with Crippen molar-refractivity contribution in [2.75, 3.05) is 33.4 Å². The number of piperidine rings is 1. The van der Waals surface area contributed by atoms with Crippen molar-refractivity contribution >= 4 is 29.1 Å². The number of benzene rings is 1. The van der Waals surface area contributed by atoms with Crippen LogP contribution < -0.4 is 10.6 Å². The molecule has 1 aromatic heterocycles. The minimum atomic E-state index is -0.650. The normalized spacial score (nSPS) is 15.4. The Morgan fingerprint density at radius 2 is 1.97 bits per heavy atom. The molecule has 1 atom stereocenters. The summed E-state index contributed by atoms with van der Waals surface area (Å²) >= 11 is 1.34. The minimum Gasteiger partial charge on any atom is -0.383 e. The molecule has 8 heteroatoms. The number of hydrogen-bond donors (Lipinski definition) is 2. The molecule has 1 aliphatic heterocycles. The number of nitrogens with one attached hydrogen (secondary N) is 2. The number of hydrogen-bond acceptors (Lipinski definition) is 5. The maximum absolute atomic E-state index is 12.8. The molecule has 7 nitrogen and oxygen atoms in total. The van der Waals surface area contributed by atoms with Gasteiger partial charge in [0.1, 0.15) is 6.04 Å². The number of nitrogens with zero attached hydrogens (tertiary/aromatic N) is 1. The maximum atomic E-state index is 12.8. The molecule has 0 spiro atoms. The maximum Gasteiger partial charge on any atom is 0.262 e. The van der Waals surface area contributed by atoms with Gasteiger partial charge < -0.3 is 20.3 Å². The Kier molecular flexibility index (Phi) is 8.20. The van der Waals surface area contributed by atoms with Gasteiger partial charge in [-0.05, 0) is 49.3 Å². The van der Waals surface area contributed by atoms with Crippen LogP contribution in [0.15, 0.2) is 41.8 Å². The first-order chi connectivity index (χ1) is 15.0. The quantitative estimate of drug-likeness (QED) is 0.614. The van der Waals surface area contributed by atoms with E-state index in [0.29, 0.717) is 49.5 Å². The molecule has 31 heavy (non-hydrogen) atoms. The predicted octanol–water partition coefficient (Wildman–Crippen LogP) is 2.47. The van der Waals surface area contributed by atoms with Gasteiger partial charge in [-0.25, -0.2) is 0 Å². The standard InChI is InChI=1S/C23H29N3O4S/c1-16-5-3-6-18(15-16)23(29)26-11-8-17(9-12-26)20(22(28)24-10-13-30-2)25-21(27)19-7-4-14-31-19/h3-7,14-15,17,20H,8-13H2,1-2H3,(H,24,28)(H,25,27)/t20-/m0/s1. The Bertz CT molecular complexity index is 892. The lowest BCUT2D eigenvalue weighted by Crippen LogP contribution is -2.54. The molecule has 0 unspecified atom stereocenters. The second kappa shape index (κ2) is 11.1. The number of carbonyl (C=O) groups is 3. The van der Waals surface area contributed by atoms with Crippen molar-refractivity contribution in [2.45, 2.75) is 25.8 Å². The van der Waals surface area contributed by atoms with Crippen molar-refractivity contribution in [3.63, 3.8) is 0 Å². The molecule has 1 fully saturated rings. The molecule has 2 aromatic rings. The van der Waals surface area contributed by atoms with E-state index in [1.165, 1.54) is 11.3 Å². The Morgan fingerprint density at radius 3 is 2.61 bits per heavy atom. The molecule has 1 saturated heterocycles. The highest BCUT2D eigenvalue weighted by atomic mass is 32.1. The number of carbonyl (C=O) groups excluding carboxylic acids is 3. The Labute approximate surface area is 186 Å². The van der Waals surface area contributed by atoms with Gasteiger partial charge in [-0.1, -0.05) is 23.8 Å². The monoisotopic (exact) mass is 443 g/mol. The minimum absolute atomic E-state index is 0.00543. The van der Waals surface area contributed by atoms with E-state index in [9.17, 15) is 14.4 Å². The van der Waals surface area contributed by atoms with Gasteiger partial charge in [0.25, 0.3) is 11.8 Å². The zero-order valence-electron chi connectivity index (χ0n) is 17.9. The van der Waals surface area contributed by atoms with Gasteiger partial charge in [0, 0.05) is 32.3 Å². The van der Waals surface area contributed by atoms with E-state index in [4.69, 9.17) is 4.74 Å². The summed E-state index contributed by atoms with van der Waals surface area (Å²) in [7, 11) is 1.57. The van der Waals surface area contributed by atoms with Crippen LogP contribution in [0.2, 0.25) is 0 Å². The summed E-state index contributed by atoms with van der Waals surface area (Å²) in [5, 5.41) is 7.59. The first-order valence-corrected chi connectivity index (χ1v) is 11.3. The first kappa shape index (κ1) is 23.0. The van der Waals surface area contributed by atoms with E-state index < -0.39 is 6.04 Å². The molecule has 2 N–H and O–H groups in total. The van der Waals surface area contributed by atoms with Gasteiger partial charge in [-0.2, -0.15) is 0 Å². The summed E-state index contributed by atoms with van der Waals surface area (Å²) in [5.74, 6) is -0.510. The summed E-state index contributed by atoms with van der Waals surface area (Å²) in [6, 6.07) is 10.5. The SMILES string of the molecule is COCCNC(=O)[C@@H](NC(=O)c1cccs1)C1CCN(C(=O)c2cccc(C)c2)CC1. The smallest absolute Gasteiger partial charge is 0.262 e. The third-order valence-electron chi connectivity index (χ3n) is 5.48. The number of aryl methyl sites for hydroxylation is 1. The van der Waals surface area contributed by atoms with E-state index in [1.807, 2.05) is 47.5 Å². The summed E-state index contributed by atoms with van der Waals surface area (Å²) in [5.41, 5.74) is 1.73. The van der Waals surface area contributed by atoms with Gasteiger partial charge in [0.15, 0.2) is 0 Å². The molecule has 2 heterocycles. The lowest BCUT2D eigenvalue weighted by atomic mass is 9.88. The third-order valence-corrected chi connectivity index (χ3v) is 6.35. The molecule has 0 bridgehead atoms. The van der Waals surface area contributed by atoms with Crippen LogP contribution in [0.5, 0.6) is 0 Å². The van der Waals surface area contributed by atoms with Crippen LogP contribution in [-0.4, -0.2) is 62.0 Å². The van der Waals surface area contributed by atoms with E-state index >= 15 is 0 Å². The molecule has 0 aliphatic carbocycles. The van der Waals surface area contributed by atoms with Crippen molar-refractivity contribution in [1.29, 1.82) is 0 Å². The Balaban J connectivity index is 1.64. The van der Waals surface area contributed by atoms with Crippen molar-refractivity contribution in [2.24, 2.45) is 5.92 Å². The summed E-state index contributed by atoms with van der Waals surface area (Å²) in [6.07, 6.45) is 1.29. The highest BCUT2D eigenvalue weighted by Crippen LogP contribution is 2.23. The Morgan fingerprint density at radius 1 is 1.19 bits per heavy atom. The van der Waals surface area contributed by atoms with Crippen LogP contribution in [0.25, 0.3) is 0 Å². The second-order valence-electron chi connectivity index (χ2n) is 7.71. The summed E-state index contributed by atoms with van der Waals surface area (Å²) in [6.45, 7) is 3.85. The van der Waals surface area contributed by atoms with Crippen molar-refractivity contribution in [1.82, 2.24) is 15.5 Å². The van der Waals surface area contributed by atoms with Gasteiger partial charge in [-0.15, -0.1) is 11.3 Å². The Hall–Kier alpha value is -2.71. The van der Waals surface area contributed by atoms with Crippen molar-refractivity contribution in [3.05, 3.63) is 57.8 Å². The van der Waals surface area contributed by atoms with E-state index in [1.54, 1.807) is 13.2 Å². The molecule has 166 valence electrons. The number of thiophene rings is 1. The van der Waals surface area contributed by atoms with E-state index in [0.717, 1.165) is 5.56 Å². The fourth-order valence-corrected chi connectivity index (χ4v) is 4.43. The van der Waals surface area contributed by atoms with Crippen LogP contribution >= 0.6 is 11.3 Å². The molecule has 0 radical (unpaired) electrons. The molecule has 1 aromatic carbocycles. The van der Waals surface area contributed by atoms with Crippen LogP contribution in [0.1, 0.15) is 38.4 Å². The van der Waals surface area contributed by atoms with Crippen molar-refractivity contribution < 1.29 is 19.1 Å². The predicted molar refractivity (Wildman–Crippen MR) is 120 cm³/mol. The van der Waals surface area contributed by atoms with E-state index in [2.05, 4.69) is 10.6 Å². The number of rotatable bonds is 8.